The predicted octanol–water partition coefficient (Wildman–Crippen LogP) is 2.23. The highest BCUT2D eigenvalue weighted by molar-refractivity contribution is 5.53. The Labute approximate surface area is 185 Å². The fraction of sp³-hybridized carbons (Fsp3) is 0.409. The summed E-state index contributed by atoms with van der Waals surface area (Å²) in [6.07, 6.45) is -1.94. The number of halogens is 1. The van der Waals surface area contributed by atoms with E-state index in [9.17, 15) is 9.50 Å². The van der Waals surface area contributed by atoms with E-state index in [1.165, 1.54) is 31.1 Å². The number of aliphatic hydroxyl groups excluding tert-OH is 1. The lowest BCUT2D eigenvalue weighted by molar-refractivity contribution is -0.237. The largest absolute Gasteiger partial charge is 0.479 e. The van der Waals surface area contributed by atoms with E-state index >= 15 is 0 Å². The van der Waals surface area contributed by atoms with Crippen molar-refractivity contribution in [3.63, 3.8) is 0 Å². The fourth-order valence-electron chi connectivity index (χ4n) is 4.21. The van der Waals surface area contributed by atoms with E-state index in [0.29, 0.717) is 17.3 Å². The van der Waals surface area contributed by atoms with Gasteiger partial charge in [-0.05, 0) is 42.5 Å². The second-order valence-electron chi connectivity index (χ2n) is 7.82. The van der Waals surface area contributed by atoms with Crippen LogP contribution in [0.25, 0.3) is 0 Å². The molecule has 0 saturated carbocycles. The summed E-state index contributed by atoms with van der Waals surface area (Å²) in [6, 6.07) is 12.9. The average molecular weight is 443 g/mol. The van der Waals surface area contributed by atoms with Crippen molar-refractivity contribution in [2.45, 2.75) is 37.5 Å². The van der Waals surface area contributed by atoms with Crippen LogP contribution < -0.4 is 9.64 Å². The summed E-state index contributed by atoms with van der Waals surface area (Å²) in [5, 5.41) is 24.0. The normalized spacial score (nSPS) is 22.5. The second-order valence-corrected chi connectivity index (χ2v) is 7.82. The topological polar surface area (TPSA) is 94.8 Å². The van der Waals surface area contributed by atoms with Gasteiger partial charge in [-0.1, -0.05) is 18.2 Å². The number of benzene rings is 2. The molecule has 9 nitrogen and oxygen atoms in total. The number of methoxy groups -OCH3 is 2. The van der Waals surface area contributed by atoms with Crippen molar-refractivity contribution in [3.05, 3.63) is 65.7 Å². The van der Waals surface area contributed by atoms with Crippen molar-refractivity contribution in [2.24, 2.45) is 7.05 Å². The maximum atomic E-state index is 13.7. The number of fused-ring (bicyclic) bond motifs is 1. The molecule has 0 fully saturated rings. The van der Waals surface area contributed by atoms with Crippen molar-refractivity contribution in [1.29, 1.82) is 0 Å². The van der Waals surface area contributed by atoms with Crippen LogP contribution in [0.2, 0.25) is 0 Å². The van der Waals surface area contributed by atoms with E-state index in [0.717, 1.165) is 5.56 Å². The Hall–Kier alpha value is -3.08. The summed E-state index contributed by atoms with van der Waals surface area (Å²) in [5.74, 6) is 0.677. The molecule has 10 heteroatoms. The number of aromatic nitrogens is 4. The molecule has 0 spiro atoms. The molecule has 32 heavy (non-hydrogen) atoms. The van der Waals surface area contributed by atoms with Gasteiger partial charge in [0.1, 0.15) is 17.7 Å². The number of aryl methyl sites for hydroxylation is 1. The lowest BCUT2D eigenvalue weighted by atomic mass is 9.83. The first-order valence-corrected chi connectivity index (χ1v) is 10.1. The van der Waals surface area contributed by atoms with Crippen LogP contribution in [0.1, 0.15) is 24.4 Å². The fourth-order valence-corrected chi connectivity index (χ4v) is 4.21. The van der Waals surface area contributed by atoms with Crippen molar-refractivity contribution < 1.29 is 23.7 Å². The number of aliphatic hydroxyl groups is 1. The van der Waals surface area contributed by atoms with Gasteiger partial charge >= 0.3 is 0 Å². The third kappa shape index (κ3) is 3.92. The number of nitrogens with zero attached hydrogens (tertiary/aromatic N) is 5. The zero-order valence-corrected chi connectivity index (χ0v) is 18.3. The van der Waals surface area contributed by atoms with Gasteiger partial charge in [0, 0.05) is 25.5 Å². The molecule has 2 heterocycles. The summed E-state index contributed by atoms with van der Waals surface area (Å²) in [5.41, 5.74) is 0.196. The SMILES string of the molecule is COC(OC)C1(C)Oc2ccccc2C(N(Cc2nnn(C)n2)c2ccc(F)cc2)C1O. The average Bonchev–Trinajstić information content (AvgIpc) is 3.20. The van der Waals surface area contributed by atoms with Crippen LogP contribution in [0.5, 0.6) is 5.75 Å². The molecule has 0 saturated heterocycles. The minimum atomic E-state index is -1.24. The Morgan fingerprint density at radius 2 is 1.88 bits per heavy atom. The Kier molecular flexibility index (Phi) is 6.09. The molecule has 1 N–H and O–H groups in total. The van der Waals surface area contributed by atoms with Crippen LogP contribution in [-0.2, 0) is 23.1 Å². The molecule has 3 unspecified atom stereocenters. The lowest BCUT2D eigenvalue weighted by Gasteiger charge is -2.49. The number of hydrogen-bond acceptors (Lipinski definition) is 8. The summed E-state index contributed by atoms with van der Waals surface area (Å²) < 4.78 is 30.9. The second kappa shape index (κ2) is 8.81. The molecular formula is C22H26FN5O4. The number of para-hydroxylation sites is 1. The summed E-state index contributed by atoms with van der Waals surface area (Å²) in [6.45, 7) is 1.96. The molecule has 3 atom stereocenters. The van der Waals surface area contributed by atoms with Gasteiger partial charge in [0.15, 0.2) is 17.7 Å². The van der Waals surface area contributed by atoms with Crippen LogP contribution in [0.4, 0.5) is 10.1 Å². The Balaban J connectivity index is 1.86. The Bertz CT molecular complexity index is 1060. The van der Waals surface area contributed by atoms with E-state index in [2.05, 4.69) is 15.4 Å². The number of tetrazole rings is 1. The first-order chi connectivity index (χ1) is 15.4. The molecule has 0 amide bonds. The molecular weight excluding hydrogens is 417 g/mol. The van der Waals surface area contributed by atoms with Crippen LogP contribution in [-0.4, -0.2) is 57.5 Å². The summed E-state index contributed by atoms with van der Waals surface area (Å²) >= 11 is 0. The molecule has 4 rings (SSSR count). The van der Waals surface area contributed by atoms with Gasteiger partial charge in [0.25, 0.3) is 0 Å². The van der Waals surface area contributed by atoms with Gasteiger partial charge in [-0.15, -0.1) is 10.2 Å². The zero-order chi connectivity index (χ0) is 22.9. The standard InChI is InChI=1S/C22H26FN5O4/c1-22(21(30-3)31-4)20(29)19(16-7-5-6-8-17(16)32-22)28(13-18-24-26-27(2)25-18)15-11-9-14(23)10-12-15/h5-12,19-21,29H,13H2,1-4H3. The van der Waals surface area contributed by atoms with E-state index in [-0.39, 0.29) is 12.4 Å². The highest BCUT2D eigenvalue weighted by Gasteiger charge is 2.53. The minimum absolute atomic E-state index is 0.218. The summed E-state index contributed by atoms with van der Waals surface area (Å²) in [4.78, 5) is 3.27. The van der Waals surface area contributed by atoms with Gasteiger partial charge < -0.3 is 24.2 Å². The van der Waals surface area contributed by atoms with E-state index in [4.69, 9.17) is 14.2 Å². The zero-order valence-electron chi connectivity index (χ0n) is 18.3. The van der Waals surface area contributed by atoms with Crippen LogP contribution in [0, 0.1) is 5.82 Å². The molecule has 170 valence electrons. The monoisotopic (exact) mass is 443 g/mol. The van der Waals surface area contributed by atoms with Gasteiger partial charge in [0.2, 0.25) is 0 Å². The minimum Gasteiger partial charge on any atom is -0.479 e. The number of ether oxygens (including phenoxy) is 3. The Morgan fingerprint density at radius 3 is 2.50 bits per heavy atom. The van der Waals surface area contributed by atoms with Crippen molar-refractivity contribution in [2.75, 3.05) is 19.1 Å². The molecule has 3 aromatic rings. The summed E-state index contributed by atoms with van der Waals surface area (Å²) in [7, 11) is 4.66. The maximum Gasteiger partial charge on any atom is 0.199 e. The van der Waals surface area contributed by atoms with Crippen LogP contribution in [0.15, 0.2) is 48.5 Å². The van der Waals surface area contributed by atoms with Gasteiger partial charge in [-0.2, -0.15) is 4.80 Å². The molecule has 1 aliphatic heterocycles. The molecule has 1 aromatic heterocycles. The number of anilines is 1. The molecule has 0 aliphatic carbocycles. The predicted molar refractivity (Wildman–Crippen MR) is 113 cm³/mol. The van der Waals surface area contributed by atoms with Gasteiger partial charge in [-0.25, -0.2) is 4.39 Å². The van der Waals surface area contributed by atoms with Gasteiger partial charge in [-0.3, -0.25) is 0 Å². The van der Waals surface area contributed by atoms with Crippen molar-refractivity contribution >= 4 is 5.69 Å². The molecule has 1 aliphatic rings. The van der Waals surface area contributed by atoms with E-state index in [1.54, 1.807) is 26.1 Å². The highest BCUT2D eigenvalue weighted by Crippen LogP contribution is 2.46. The molecule has 0 bridgehead atoms. The van der Waals surface area contributed by atoms with Crippen molar-refractivity contribution in [1.82, 2.24) is 20.2 Å². The third-order valence-electron chi connectivity index (χ3n) is 5.71. The van der Waals surface area contributed by atoms with E-state index < -0.39 is 24.0 Å². The number of hydrogen-bond donors (Lipinski definition) is 1. The third-order valence-corrected chi connectivity index (χ3v) is 5.71. The quantitative estimate of drug-likeness (QED) is 0.556. The number of rotatable bonds is 7. The van der Waals surface area contributed by atoms with E-state index in [1.807, 2.05) is 29.2 Å². The Morgan fingerprint density at radius 1 is 1.19 bits per heavy atom. The highest BCUT2D eigenvalue weighted by atomic mass is 19.1. The molecule has 2 aromatic carbocycles. The van der Waals surface area contributed by atoms with Crippen LogP contribution >= 0.6 is 0 Å². The smallest absolute Gasteiger partial charge is 0.199 e. The van der Waals surface area contributed by atoms with Gasteiger partial charge in [0.05, 0.1) is 19.6 Å². The lowest BCUT2D eigenvalue weighted by Crippen LogP contribution is -2.62. The van der Waals surface area contributed by atoms with Crippen molar-refractivity contribution in [3.8, 4) is 5.75 Å². The maximum absolute atomic E-state index is 13.7. The van der Waals surface area contributed by atoms with Crippen LogP contribution in [0.3, 0.4) is 0 Å². The molecule has 0 radical (unpaired) electrons. The first-order valence-electron chi connectivity index (χ1n) is 10.1. The first kappa shape index (κ1) is 22.1.